The largest absolute Gasteiger partial charge is 0.282 e. The van der Waals surface area contributed by atoms with Gasteiger partial charge in [-0.05, 0) is 91.5 Å². The molecule has 4 aliphatic carbocycles. The van der Waals surface area contributed by atoms with Gasteiger partial charge in [-0.3, -0.25) is 14.8 Å². The number of amides is 1. The number of aromatic amines is 1. The van der Waals surface area contributed by atoms with Gasteiger partial charge in [0.1, 0.15) is 4.60 Å². The summed E-state index contributed by atoms with van der Waals surface area (Å²) in [5.74, 6) is 2.94. The third-order valence-corrected chi connectivity index (χ3v) is 7.91. The van der Waals surface area contributed by atoms with Gasteiger partial charge in [0.2, 0.25) is 5.95 Å². The van der Waals surface area contributed by atoms with Gasteiger partial charge in [-0.25, -0.2) is 9.97 Å². The van der Waals surface area contributed by atoms with E-state index in [9.17, 15) is 4.79 Å². The Morgan fingerprint density at radius 1 is 1.18 bits per heavy atom. The molecule has 28 heavy (non-hydrogen) atoms. The van der Waals surface area contributed by atoms with E-state index in [2.05, 4.69) is 36.1 Å². The molecule has 0 saturated heterocycles. The molecule has 4 aliphatic rings. The second kappa shape index (κ2) is 6.65. The first-order valence-electron chi connectivity index (χ1n) is 10.2. The van der Waals surface area contributed by atoms with Crippen LogP contribution in [-0.2, 0) is 0 Å². The molecule has 0 unspecified atom stereocenters. The Balaban J connectivity index is 1.52. The molecule has 2 aromatic heterocycles. The van der Waals surface area contributed by atoms with Crippen LogP contribution >= 0.6 is 15.9 Å². The summed E-state index contributed by atoms with van der Waals surface area (Å²) in [6, 6.07) is 0. The van der Waals surface area contributed by atoms with E-state index in [4.69, 9.17) is 0 Å². The van der Waals surface area contributed by atoms with Gasteiger partial charge in [-0.2, -0.15) is 5.10 Å². The molecule has 4 saturated carbocycles. The molecule has 6 nitrogen and oxygen atoms in total. The maximum Gasteiger partial charge on any atom is 0.264 e. The highest BCUT2D eigenvalue weighted by Crippen LogP contribution is 2.60. The van der Waals surface area contributed by atoms with Crippen LogP contribution in [0.4, 0.5) is 5.95 Å². The van der Waals surface area contributed by atoms with Crippen LogP contribution in [0.3, 0.4) is 0 Å². The lowest BCUT2D eigenvalue weighted by Gasteiger charge is -2.57. The van der Waals surface area contributed by atoms with E-state index in [1.54, 1.807) is 12.4 Å². The Morgan fingerprint density at radius 3 is 2.36 bits per heavy atom. The number of anilines is 1. The fourth-order valence-corrected chi connectivity index (χ4v) is 6.57. The molecule has 0 aromatic carbocycles. The number of hydrogen-bond donors (Lipinski definition) is 1. The summed E-state index contributed by atoms with van der Waals surface area (Å²) in [5.41, 5.74) is 2.56. The van der Waals surface area contributed by atoms with Gasteiger partial charge in [-0.1, -0.05) is 0 Å². The van der Waals surface area contributed by atoms with Crippen molar-refractivity contribution >= 4 is 27.8 Å². The van der Waals surface area contributed by atoms with E-state index >= 15 is 0 Å². The molecule has 4 fully saturated rings. The minimum Gasteiger partial charge on any atom is -0.282 e. The summed E-state index contributed by atoms with van der Waals surface area (Å²) >= 11 is 3.51. The molecule has 0 spiro atoms. The molecule has 4 bridgehead atoms. The van der Waals surface area contributed by atoms with Crippen molar-refractivity contribution in [3.63, 3.8) is 0 Å². The SMILES string of the molecule is Cc1cnc(N(CC23CC4CC(CC(C4)C2)C3)C(=O)c2cn[nH]c2C)nc1Br. The van der Waals surface area contributed by atoms with Crippen molar-refractivity contribution in [3.05, 3.63) is 33.8 Å². The van der Waals surface area contributed by atoms with E-state index in [1.165, 1.54) is 38.5 Å². The van der Waals surface area contributed by atoms with Crippen molar-refractivity contribution in [3.8, 4) is 0 Å². The second-order valence-corrected chi connectivity index (χ2v) is 10.1. The molecular formula is C21H26BrN5O. The van der Waals surface area contributed by atoms with Crippen molar-refractivity contribution in [2.24, 2.45) is 23.2 Å². The van der Waals surface area contributed by atoms with E-state index in [0.717, 1.165) is 33.6 Å². The molecule has 0 radical (unpaired) electrons. The quantitative estimate of drug-likeness (QED) is 0.708. The van der Waals surface area contributed by atoms with E-state index in [1.807, 2.05) is 18.7 Å². The van der Waals surface area contributed by atoms with Crippen molar-refractivity contribution in [2.45, 2.75) is 52.4 Å². The smallest absolute Gasteiger partial charge is 0.264 e. The summed E-state index contributed by atoms with van der Waals surface area (Å²) < 4.78 is 0.740. The summed E-state index contributed by atoms with van der Waals surface area (Å²) in [4.78, 5) is 24.5. The molecule has 6 rings (SSSR count). The van der Waals surface area contributed by atoms with Crippen molar-refractivity contribution in [1.29, 1.82) is 0 Å². The summed E-state index contributed by atoms with van der Waals surface area (Å²) in [7, 11) is 0. The first kappa shape index (κ1) is 18.3. The average molecular weight is 444 g/mol. The Morgan fingerprint density at radius 2 is 1.82 bits per heavy atom. The second-order valence-electron chi connectivity index (χ2n) is 9.36. The standard InChI is InChI=1S/C21H26BrN5O/c1-12-9-23-20(25-18(12)22)27(19(28)17-10-24-26-13(17)2)11-21-6-14-3-15(7-21)5-16(4-14)8-21/h9-10,14-16H,3-8,11H2,1-2H3,(H,24,26). The molecule has 148 valence electrons. The molecule has 2 aromatic rings. The first-order valence-corrected chi connectivity index (χ1v) is 11.0. The maximum atomic E-state index is 13.5. The molecule has 0 aliphatic heterocycles. The van der Waals surface area contributed by atoms with Gasteiger partial charge < -0.3 is 0 Å². The number of carbonyl (C=O) groups is 1. The Hall–Kier alpha value is -1.76. The lowest BCUT2D eigenvalue weighted by Crippen LogP contribution is -2.52. The highest BCUT2D eigenvalue weighted by Gasteiger charge is 2.52. The number of rotatable bonds is 4. The molecule has 0 atom stereocenters. The molecule has 2 heterocycles. The zero-order valence-corrected chi connectivity index (χ0v) is 18.0. The molecule has 7 heteroatoms. The lowest BCUT2D eigenvalue weighted by molar-refractivity contribution is -0.0473. The topological polar surface area (TPSA) is 74.8 Å². The highest BCUT2D eigenvalue weighted by atomic mass is 79.9. The van der Waals surface area contributed by atoms with E-state index < -0.39 is 0 Å². The minimum absolute atomic E-state index is 0.0576. The van der Waals surface area contributed by atoms with Gasteiger partial charge >= 0.3 is 0 Å². The predicted molar refractivity (Wildman–Crippen MR) is 110 cm³/mol. The third kappa shape index (κ3) is 3.08. The van der Waals surface area contributed by atoms with Gasteiger partial charge in [0, 0.05) is 24.0 Å². The molecular weight excluding hydrogens is 418 g/mol. The number of nitrogens with zero attached hydrogens (tertiary/aromatic N) is 4. The summed E-state index contributed by atoms with van der Waals surface area (Å²) in [6.45, 7) is 4.55. The normalized spacial score (nSPS) is 30.6. The van der Waals surface area contributed by atoms with Gasteiger partial charge in [0.25, 0.3) is 5.91 Å². The van der Waals surface area contributed by atoms with Crippen molar-refractivity contribution < 1.29 is 4.79 Å². The van der Waals surface area contributed by atoms with Crippen LogP contribution < -0.4 is 4.90 Å². The maximum absolute atomic E-state index is 13.5. The monoisotopic (exact) mass is 443 g/mol. The molecule has 1 amide bonds. The van der Waals surface area contributed by atoms with Crippen LogP contribution in [-0.4, -0.2) is 32.6 Å². The van der Waals surface area contributed by atoms with E-state index in [-0.39, 0.29) is 11.3 Å². The van der Waals surface area contributed by atoms with Crippen LogP contribution in [0, 0.1) is 37.0 Å². The fourth-order valence-electron chi connectivity index (χ4n) is 6.31. The van der Waals surface area contributed by atoms with Crippen LogP contribution in [0.25, 0.3) is 0 Å². The fraction of sp³-hybridized carbons (Fsp3) is 0.619. The highest BCUT2D eigenvalue weighted by molar-refractivity contribution is 9.10. The van der Waals surface area contributed by atoms with Crippen LogP contribution in [0.1, 0.15) is 60.1 Å². The van der Waals surface area contributed by atoms with Crippen LogP contribution in [0.2, 0.25) is 0 Å². The average Bonchev–Trinajstić information content (AvgIpc) is 3.06. The van der Waals surface area contributed by atoms with Gasteiger partial charge in [-0.15, -0.1) is 0 Å². The molecule has 1 N–H and O–H groups in total. The number of aromatic nitrogens is 4. The number of aryl methyl sites for hydroxylation is 2. The minimum atomic E-state index is -0.0576. The Labute approximate surface area is 173 Å². The lowest BCUT2D eigenvalue weighted by atomic mass is 9.49. The Kier molecular flexibility index (Phi) is 4.34. The van der Waals surface area contributed by atoms with Gasteiger partial charge in [0.15, 0.2) is 0 Å². The van der Waals surface area contributed by atoms with E-state index in [0.29, 0.717) is 18.1 Å². The summed E-state index contributed by atoms with van der Waals surface area (Å²) in [6.07, 6.45) is 11.3. The van der Waals surface area contributed by atoms with Crippen LogP contribution in [0.15, 0.2) is 17.0 Å². The predicted octanol–water partition coefficient (Wildman–Crippen LogP) is 4.44. The zero-order chi connectivity index (χ0) is 19.5. The van der Waals surface area contributed by atoms with Crippen molar-refractivity contribution in [1.82, 2.24) is 20.2 Å². The number of H-pyrrole nitrogens is 1. The number of hydrogen-bond acceptors (Lipinski definition) is 4. The zero-order valence-electron chi connectivity index (χ0n) is 16.4. The first-order chi connectivity index (χ1) is 13.4. The van der Waals surface area contributed by atoms with Gasteiger partial charge in [0.05, 0.1) is 11.8 Å². The number of carbonyl (C=O) groups excluding carboxylic acids is 1. The number of nitrogens with one attached hydrogen (secondary N) is 1. The van der Waals surface area contributed by atoms with Crippen molar-refractivity contribution in [2.75, 3.05) is 11.4 Å². The Bertz CT molecular complexity index is 888. The summed E-state index contributed by atoms with van der Waals surface area (Å²) in [5, 5.41) is 6.94. The van der Waals surface area contributed by atoms with Crippen LogP contribution in [0.5, 0.6) is 0 Å². The number of halogens is 1. The third-order valence-electron chi connectivity index (χ3n) is 7.10.